The van der Waals surface area contributed by atoms with Gasteiger partial charge in [-0.15, -0.1) is 6.42 Å². The Morgan fingerprint density at radius 1 is 1.19 bits per heavy atom. The number of ether oxygens (including phenoxy) is 1. The van der Waals surface area contributed by atoms with E-state index in [0.29, 0.717) is 35.7 Å². The first-order valence-electron chi connectivity index (χ1n) is 10.3. The second-order valence-electron chi connectivity index (χ2n) is 7.33. The maximum absolute atomic E-state index is 12.6. The molecule has 0 aromatic heterocycles. The molecule has 0 spiro atoms. The fourth-order valence-corrected chi connectivity index (χ4v) is 3.43. The molecule has 0 saturated heterocycles. The number of amidine groups is 1. The minimum Gasteiger partial charge on any atom is -0.462 e. The van der Waals surface area contributed by atoms with Gasteiger partial charge in [0.1, 0.15) is 19.0 Å². The summed E-state index contributed by atoms with van der Waals surface area (Å²) < 4.78 is 4.93. The fourth-order valence-electron chi connectivity index (χ4n) is 3.43. The SMILES string of the molecule is C#CCN=C(N)c1ccc(C(=O)Nc2ccc3c(c2)CCN(CC(=O)OCCO)C3)cc1. The number of nitrogens with zero attached hydrogens (tertiary/aromatic N) is 2. The van der Waals surface area contributed by atoms with E-state index in [0.717, 1.165) is 17.5 Å². The van der Waals surface area contributed by atoms with Crippen LogP contribution in [0.2, 0.25) is 0 Å². The maximum Gasteiger partial charge on any atom is 0.320 e. The topological polar surface area (TPSA) is 117 Å². The molecule has 0 radical (unpaired) electrons. The fraction of sp³-hybridized carbons (Fsp3) is 0.292. The summed E-state index contributed by atoms with van der Waals surface area (Å²) in [5.74, 6) is 2.17. The molecule has 0 atom stereocenters. The Morgan fingerprint density at radius 2 is 1.94 bits per heavy atom. The van der Waals surface area contributed by atoms with E-state index in [1.54, 1.807) is 24.3 Å². The van der Waals surface area contributed by atoms with Gasteiger partial charge in [0.2, 0.25) is 0 Å². The highest BCUT2D eigenvalue weighted by molar-refractivity contribution is 6.05. The molecule has 2 aromatic carbocycles. The van der Waals surface area contributed by atoms with Crippen LogP contribution >= 0.6 is 0 Å². The summed E-state index contributed by atoms with van der Waals surface area (Å²) in [6.07, 6.45) is 5.94. The van der Waals surface area contributed by atoms with E-state index in [1.807, 2.05) is 23.1 Å². The average Bonchev–Trinajstić information content (AvgIpc) is 2.81. The molecule has 2 aromatic rings. The monoisotopic (exact) mass is 434 g/mol. The van der Waals surface area contributed by atoms with Gasteiger partial charge >= 0.3 is 5.97 Å². The molecule has 4 N–H and O–H groups in total. The number of terminal acetylenes is 1. The van der Waals surface area contributed by atoms with Gasteiger partial charge in [-0.1, -0.05) is 24.1 Å². The predicted octanol–water partition coefficient (Wildman–Crippen LogP) is 1.17. The third-order valence-electron chi connectivity index (χ3n) is 5.05. The van der Waals surface area contributed by atoms with E-state index in [4.69, 9.17) is 22.0 Å². The van der Waals surface area contributed by atoms with Crippen molar-refractivity contribution in [3.05, 3.63) is 64.7 Å². The number of hydrogen-bond acceptors (Lipinski definition) is 6. The van der Waals surface area contributed by atoms with Gasteiger partial charge in [0.25, 0.3) is 5.91 Å². The van der Waals surface area contributed by atoms with Gasteiger partial charge in [-0.3, -0.25) is 19.5 Å². The molecule has 1 aliphatic heterocycles. The molecule has 3 rings (SSSR count). The number of aliphatic hydroxyl groups excluding tert-OH is 1. The number of esters is 1. The summed E-state index contributed by atoms with van der Waals surface area (Å²) in [6, 6.07) is 12.6. The van der Waals surface area contributed by atoms with Crippen LogP contribution in [0.1, 0.15) is 27.0 Å². The normalized spacial score (nSPS) is 13.7. The molecule has 0 bridgehead atoms. The summed E-state index contributed by atoms with van der Waals surface area (Å²) >= 11 is 0. The number of anilines is 1. The van der Waals surface area contributed by atoms with Crippen LogP contribution in [-0.4, -0.2) is 60.6 Å². The van der Waals surface area contributed by atoms with Gasteiger partial charge in [0.15, 0.2) is 0 Å². The number of hydrogen-bond donors (Lipinski definition) is 3. The van der Waals surface area contributed by atoms with Crippen molar-refractivity contribution in [3.8, 4) is 12.3 Å². The second-order valence-corrected chi connectivity index (χ2v) is 7.33. The molecular weight excluding hydrogens is 408 g/mol. The van der Waals surface area contributed by atoms with Crippen molar-refractivity contribution >= 4 is 23.4 Å². The Hall–Kier alpha value is -3.67. The lowest BCUT2D eigenvalue weighted by molar-refractivity contribution is -0.146. The zero-order valence-electron chi connectivity index (χ0n) is 17.7. The quantitative estimate of drug-likeness (QED) is 0.249. The van der Waals surface area contributed by atoms with E-state index in [-0.39, 0.29) is 38.2 Å². The lowest BCUT2D eigenvalue weighted by Crippen LogP contribution is -2.35. The van der Waals surface area contributed by atoms with Crippen LogP contribution in [0.15, 0.2) is 47.5 Å². The third-order valence-corrected chi connectivity index (χ3v) is 5.05. The van der Waals surface area contributed by atoms with Crippen molar-refractivity contribution in [1.82, 2.24) is 4.90 Å². The van der Waals surface area contributed by atoms with E-state index in [2.05, 4.69) is 16.2 Å². The minimum atomic E-state index is -0.346. The lowest BCUT2D eigenvalue weighted by atomic mass is 9.99. The molecule has 1 aliphatic rings. The zero-order chi connectivity index (χ0) is 22.9. The Bertz CT molecular complexity index is 1040. The van der Waals surface area contributed by atoms with Crippen molar-refractivity contribution < 1.29 is 19.4 Å². The number of aliphatic hydroxyl groups is 1. The molecule has 8 nitrogen and oxygen atoms in total. The maximum atomic E-state index is 12.6. The minimum absolute atomic E-state index is 0.0157. The Balaban J connectivity index is 1.59. The van der Waals surface area contributed by atoms with Gasteiger partial charge < -0.3 is 20.9 Å². The number of rotatable bonds is 8. The largest absolute Gasteiger partial charge is 0.462 e. The number of carbonyl (C=O) groups is 2. The summed E-state index contributed by atoms with van der Waals surface area (Å²) in [5.41, 5.74) is 10.0. The standard InChI is InChI=1S/C24H26N4O4/c1-2-10-26-23(25)17-3-5-18(6-4-17)24(31)27-21-8-7-20-15-28(11-9-19(20)14-21)16-22(30)32-13-12-29/h1,3-8,14,29H,9-13,15-16H2,(H2,25,26)(H,27,31). The van der Waals surface area contributed by atoms with Crippen LogP contribution in [0.4, 0.5) is 5.69 Å². The van der Waals surface area contributed by atoms with Crippen molar-refractivity contribution in [2.24, 2.45) is 10.7 Å². The van der Waals surface area contributed by atoms with Crippen molar-refractivity contribution in [2.75, 3.05) is 38.2 Å². The molecule has 8 heteroatoms. The van der Waals surface area contributed by atoms with Crippen LogP contribution in [0.3, 0.4) is 0 Å². The first-order chi connectivity index (χ1) is 15.5. The zero-order valence-corrected chi connectivity index (χ0v) is 17.7. The van der Waals surface area contributed by atoms with Gasteiger partial charge in [0, 0.05) is 29.9 Å². The Morgan fingerprint density at radius 3 is 2.66 bits per heavy atom. The highest BCUT2D eigenvalue weighted by atomic mass is 16.5. The summed E-state index contributed by atoms with van der Waals surface area (Å²) in [4.78, 5) is 30.4. The van der Waals surface area contributed by atoms with Crippen LogP contribution in [-0.2, 0) is 22.5 Å². The Kier molecular flexibility index (Phi) is 7.97. The lowest BCUT2D eigenvalue weighted by Gasteiger charge is -2.28. The molecule has 0 saturated carbocycles. The van der Waals surface area contributed by atoms with Gasteiger partial charge in [0.05, 0.1) is 13.2 Å². The molecule has 1 heterocycles. The third kappa shape index (κ3) is 6.17. The van der Waals surface area contributed by atoms with Crippen LogP contribution in [0, 0.1) is 12.3 Å². The number of aliphatic imine (C=N–C) groups is 1. The van der Waals surface area contributed by atoms with Crippen LogP contribution in [0.25, 0.3) is 0 Å². The molecule has 166 valence electrons. The highest BCUT2D eigenvalue weighted by Crippen LogP contribution is 2.23. The molecular formula is C24H26N4O4. The van der Waals surface area contributed by atoms with Crippen LogP contribution < -0.4 is 11.1 Å². The molecule has 0 unspecified atom stereocenters. The first kappa shape index (κ1) is 23.0. The highest BCUT2D eigenvalue weighted by Gasteiger charge is 2.19. The number of carbonyl (C=O) groups excluding carboxylic acids is 2. The smallest absolute Gasteiger partial charge is 0.320 e. The summed E-state index contributed by atoms with van der Waals surface area (Å²) in [7, 11) is 0. The molecule has 32 heavy (non-hydrogen) atoms. The van der Waals surface area contributed by atoms with E-state index < -0.39 is 0 Å². The van der Waals surface area contributed by atoms with Crippen LogP contribution in [0.5, 0.6) is 0 Å². The van der Waals surface area contributed by atoms with Gasteiger partial charge in [-0.05, 0) is 41.8 Å². The van der Waals surface area contributed by atoms with E-state index >= 15 is 0 Å². The second kappa shape index (κ2) is 11.1. The first-order valence-corrected chi connectivity index (χ1v) is 10.3. The van der Waals surface area contributed by atoms with E-state index in [9.17, 15) is 9.59 Å². The average molecular weight is 434 g/mol. The summed E-state index contributed by atoms with van der Waals surface area (Å²) in [6.45, 7) is 1.57. The number of nitrogens with one attached hydrogen (secondary N) is 1. The molecule has 0 aliphatic carbocycles. The van der Waals surface area contributed by atoms with Gasteiger partial charge in [-0.25, -0.2) is 0 Å². The van der Waals surface area contributed by atoms with Gasteiger partial charge in [-0.2, -0.15) is 0 Å². The van der Waals surface area contributed by atoms with Crippen molar-refractivity contribution in [2.45, 2.75) is 13.0 Å². The van der Waals surface area contributed by atoms with E-state index in [1.165, 1.54) is 0 Å². The van der Waals surface area contributed by atoms with Crippen molar-refractivity contribution in [3.63, 3.8) is 0 Å². The number of amides is 1. The number of benzene rings is 2. The summed E-state index contributed by atoms with van der Waals surface area (Å²) in [5, 5.41) is 11.7. The predicted molar refractivity (Wildman–Crippen MR) is 122 cm³/mol. The van der Waals surface area contributed by atoms with Crippen molar-refractivity contribution in [1.29, 1.82) is 0 Å². The number of nitrogens with two attached hydrogens (primary N) is 1. The molecule has 0 fully saturated rings. The number of fused-ring (bicyclic) bond motifs is 1. The molecule has 1 amide bonds. The Labute approximate surface area is 187 Å².